The summed E-state index contributed by atoms with van der Waals surface area (Å²) in [7, 11) is 0. The summed E-state index contributed by atoms with van der Waals surface area (Å²) >= 11 is 5.84. The van der Waals surface area contributed by atoms with Crippen LogP contribution in [-0.2, 0) is 0 Å². The first-order valence-electron chi connectivity index (χ1n) is 6.27. The third-order valence-corrected chi connectivity index (χ3v) is 3.11. The molecule has 0 fully saturated rings. The average Bonchev–Trinajstić information content (AvgIpc) is 2.97. The van der Waals surface area contributed by atoms with Gasteiger partial charge in [-0.25, -0.2) is 4.68 Å². The van der Waals surface area contributed by atoms with E-state index in [9.17, 15) is 5.21 Å². The van der Waals surface area contributed by atoms with Crippen molar-refractivity contribution < 1.29 is 4.74 Å². The lowest BCUT2D eigenvalue weighted by Crippen LogP contribution is -1.98. The van der Waals surface area contributed by atoms with E-state index in [1.165, 1.54) is 6.21 Å². The molecule has 3 aromatic rings. The van der Waals surface area contributed by atoms with Crippen LogP contribution in [0.5, 0.6) is 0 Å². The molecule has 0 saturated carbocycles. The minimum absolute atomic E-state index is 0.476. The molecule has 0 N–H and O–H groups in total. The summed E-state index contributed by atoms with van der Waals surface area (Å²) < 4.78 is 2.34. The number of benzene rings is 2. The fourth-order valence-corrected chi connectivity index (χ4v) is 1.95. The van der Waals surface area contributed by atoms with Gasteiger partial charge in [0, 0.05) is 17.2 Å². The second-order valence-corrected chi connectivity index (χ2v) is 4.79. The molecule has 6 heteroatoms. The molecule has 0 unspecified atom stereocenters. The van der Waals surface area contributed by atoms with Crippen molar-refractivity contribution in [2.75, 3.05) is 0 Å². The number of nitrogens with zero attached hydrogens (tertiary/aromatic N) is 4. The SMILES string of the molecule is [O-]/[N+](=C\c1cn(-c2ccc(Cl)cc2)nn1)c1ccccc1. The molecule has 3 rings (SSSR count). The van der Waals surface area contributed by atoms with Crippen molar-refractivity contribution >= 4 is 23.5 Å². The maximum Gasteiger partial charge on any atom is 0.216 e. The Morgan fingerprint density at radius 3 is 2.48 bits per heavy atom. The lowest BCUT2D eigenvalue weighted by Gasteiger charge is -2.00. The highest BCUT2D eigenvalue weighted by molar-refractivity contribution is 6.30. The van der Waals surface area contributed by atoms with Gasteiger partial charge in [0.15, 0.2) is 5.69 Å². The first-order valence-corrected chi connectivity index (χ1v) is 6.65. The summed E-state index contributed by atoms with van der Waals surface area (Å²) in [5, 5.41) is 20.6. The molecule has 5 nitrogen and oxygen atoms in total. The standard InChI is InChI=1S/C15H11ClN4O/c16-12-6-8-14(9-7-12)19-10-13(17-18-19)11-20(21)15-4-2-1-3-5-15/h1-11H/b20-11-. The molecular formula is C15H11ClN4O. The third kappa shape index (κ3) is 3.09. The van der Waals surface area contributed by atoms with E-state index in [0.717, 1.165) is 10.4 Å². The van der Waals surface area contributed by atoms with Gasteiger partial charge in [0.2, 0.25) is 11.9 Å². The highest BCUT2D eigenvalue weighted by Crippen LogP contribution is 2.13. The van der Waals surface area contributed by atoms with Gasteiger partial charge in [-0.15, -0.1) is 5.10 Å². The minimum atomic E-state index is 0.476. The van der Waals surface area contributed by atoms with Crippen molar-refractivity contribution in [3.63, 3.8) is 0 Å². The predicted molar refractivity (Wildman–Crippen MR) is 81.3 cm³/mol. The fraction of sp³-hybridized carbons (Fsp3) is 0. The molecule has 0 amide bonds. The van der Waals surface area contributed by atoms with Gasteiger partial charge in [0.25, 0.3) is 0 Å². The van der Waals surface area contributed by atoms with Gasteiger partial charge in [-0.3, -0.25) is 0 Å². The van der Waals surface area contributed by atoms with Crippen molar-refractivity contribution in [3.05, 3.63) is 76.7 Å². The Bertz CT molecular complexity index is 766. The van der Waals surface area contributed by atoms with E-state index in [1.54, 1.807) is 47.3 Å². The Kier molecular flexibility index (Phi) is 3.66. The van der Waals surface area contributed by atoms with Crippen LogP contribution in [0.2, 0.25) is 5.02 Å². The van der Waals surface area contributed by atoms with Gasteiger partial charge in [-0.05, 0) is 24.3 Å². The smallest absolute Gasteiger partial charge is 0.216 e. The highest BCUT2D eigenvalue weighted by atomic mass is 35.5. The molecule has 2 aromatic carbocycles. The Morgan fingerprint density at radius 1 is 1.05 bits per heavy atom. The van der Waals surface area contributed by atoms with Crippen molar-refractivity contribution in [1.29, 1.82) is 0 Å². The van der Waals surface area contributed by atoms with Crippen LogP contribution in [0.1, 0.15) is 5.69 Å². The average molecular weight is 299 g/mol. The van der Waals surface area contributed by atoms with Gasteiger partial charge in [0.05, 0.1) is 11.9 Å². The zero-order valence-corrected chi connectivity index (χ0v) is 11.7. The summed E-state index contributed by atoms with van der Waals surface area (Å²) in [6.45, 7) is 0. The third-order valence-electron chi connectivity index (χ3n) is 2.86. The fourth-order valence-electron chi connectivity index (χ4n) is 1.83. The molecule has 0 radical (unpaired) electrons. The maximum absolute atomic E-state index is 12.0. The number of rotatable bonds is 3. The monoisotopic (exact) mass is 298 g/mol. The first-order chi connectivity index (χ1) is 10.2. The van der Waals surface area contributed by atoms with Crippen LogP contribution in [0.15, 0.2) is 60.8 Å². The largest absolute Gasteiger partial charge is 0.618 e. The van der Waals surface area contributed by atoms with Crippen LogP contribution < -0.4 is 0 Å². The molecule has 0 atom stereocenters. The lowest BCUT2D eigenvalue weighted by molar-refractivity contribution is -0.354. The first kappa shape index (κ1) is 13.3. The number of hydrogen-bond acceptors (Lipinski definition) is 3. The number of halogens is 1. The summed E-state index contributed by atoms with van der Waals surface area (Å²) in [5.41, 5.74) is 1.84. The Labute approximate surface area is 126 Å². The van der Waals surface area contributed by atoms with Crippen LogP contribution in [-0.4, -0.2) is 25.9 Å². The van der Waals surface area contributed by atoms with E-state index < -0.39 is 0 Å². The van der Waals surface area contributed by atoms with Crippen LogP contribution in [0.25, 0.3) is 5.69 Å². The molecule has 0 aliphatic rings. The second-order valence-electron chi connectivity index (χ2n) is 4.35. The molecular weight excluding hydrogens is 288 g/mol. The highest BCUT2D eigenvalue weighted by Gasteiger charge is 2.05. The zero-order valence-electron chi connectivity index (χ0n) is 10.9. The summed E-state index contributed by atoms with van der Waals surface area (Å²) in [4.78, 5) is 0. The Morgan fingerprint density at radius 2 is 1.76 bits per heavy atom. The Hall–Kier alpha value is -2.66. The van der Waals surface area contributed by atoms with E-state index in [2.05, 4.69) is 10.3 Å². The van der Waals surface area contributed by atoms with Gasteiger partial charge in [-0.2, -0.15) is 4.74 Å². The maximum atomic E-state index is 12.0. The van der Waals surface area contributed by atoms with E-state index in [4.69, 9.17) is 11.6 Å². The summed E-state index contributed by atoms with van der Waals surface area (Å²) in [6, 6.07) is 16.1. The van der Waals surface area contributed by atoms with Gasteiger partial charge in [-0.1, -0.05) is 35.0 Å². The Balaban J connectivity index is 1.87. The van der Waals surface area contributed by atoms with Crippen molar-refractivity contribution in [3.8, 4) is 5.69 Å². The molecule has 0 saturated heterocycles. The molecule has 1 aromatic heterocycles. The zero-order chi connectivity index (χ0) is 14.7. The molecule has 0 spiro atoms. The molecule has 0 aliphatic heterocycles. The van der Waals surface area contributed by atoms with Crippen LogP contribution in [0.4, 0.5) is 5.69 Å². The summed E-state index contributed by atoms with van der Waals surface area (Å²) in [6.07, 6.45) is 3.06. The van der Waals surface area contributed by atoms with E-state index in [0.29, 0.717) is 16.4 Å². The van der Waals surface area contributed by atoms with E-state index in [1.807, 2.05) is 18.2 Å². The van der Waals surface area contributed by atoms with E-state index in [-0.39, 0.29) is 0 Å². The number of aromatic nitrogens is 3. The summed E-state index contributed by atoms with van der Waals surface area (Å²) in [5.74, 6) is 0. The molecule has 104 valence electrons. The van der Waals surface area contributed by atoms with Gasteiger partial charge >= 0.3 is 0 Å². The second kappa shape index (κ2) is 5.76. The molecule has 0 bridgehead atoms. The number of hydrogen-bond donors (Lipinski definition) is 0. The molecule has 1 heterocycles. The lowest BCUT2D eigenvalue weighted by atomic mass is 10.3. The van der Waals surface area contributed by atoms with Gasteiger partial charge in [0.1, 0.15) is 0 Å². The molecule has 0 aliphatic carbocycles. The normalized spacial score (nSPS) is 11.6. The van der Waals surface area contributed by atoms with Crippen molar-refractivity contribution in [1.82, 2.24) is 15.0 Å². The van der Waals surface area contributed by atoms with Gasteiger partial charge < -0.3 is 5.21 Å². The van der Waals surface area contributed by atoms with Crippen LogP contribution >= 0.6 is 11.6 Å². The predicted octanol–water partition coefficient (Wildman–Crippen LogP) is 3.18. The minimum Gasteiger partial charge on any atom is -0.618 e. The number of para-hydroxylation sites is 1. The van der Waals surface area contributed by atoms with Crippen molar-refractivity contribution in [2.45, 2.75) is 0 Å². The topological polar surface area (TPSA) is 56.8 Å². The quantitative estimate of drug-likeness (QED) is 0.323. The van der Waals surface area contributed by atoms with Crippen LogP contribution in [0.3, 0.4) is 0 Å². The molecule has 21 heavy (non-hydrogen) atoms. The van der Waals surface area contributed by atoms with Crippen LogP contribution in [0, 0.1) is 5.21 Å². The van der Waals surface area contributed by atoms with Crippen molar-refractivity contribution in [2.24, 2.45) is 0 Å². The van der Waals surface area contributed by atoms with E-state index >= 15 is 0 Å².